The number of aromatic nitrogens is 4. The molecule has 0 aliphatic carbocycles. The molecule has 3 aromatic heterocycles. The second kappa shape index (κ2) is 8.07. The third-order valence-corrected chi connectivity index (χ3v) is 5.56. The summed E-state index contributed by atoms with van der Waals surface area (Å²) < 4.78 is 5.39. The molecule has 5 aromatic rings. The number of nitrogen functional groups attached to an aromatic ring is 1. The topological polar surface area (TPSA) is 122 Å². The highest BCUT2D eigenvalue weighted by Crippen LogP contribution is 2.32. The number of pyridine rings is 1. The zero-order valence-corrected chi connectivity index (χ0v) is 17.5. The smallest absolute Gasteiger partial charge is 0.253 e. The average Bonchev–Trinajstić information content (AvgIpc) is 3.45. The van der Waals surface area contributed by atoms with Crippen LogP contribution in [0.15, 0.2) is 61.1 Å². The highest BCUT2D eigenvalue weighted by atomic mass is 16.5. The number of nitrogens with zero attached hydrogens (tertiary/aromatic N) is 2. The van der Waals surface area contributed by atoms with Gasteiger partial charge in [0.2, 0.25) is 0 Å². The fraction of sp³-hybridized carbons (Fsp3) is 0.125. The molecule has 32 heavy (non-hydrogen) atoms. The molecule has 0 atom stereocenters. The van der Waals surface area contributed by atoms with Crippen molar-refractivity contribution in [3.05, 3.63) is 72.2 Å². The molecule has 0 radical (unpaired) electrons. The van der Waals surface area contributed by atoms with E-state index in [-0.39, 0.29) is 5.91 Å². The van der Waals surface area contributed by atoms with E-state index in [4.69, 9.17) is 10.5 Å². The number of fused-ring (bicyclic) bond motifs is 2. The molecule has 0 saturated carbocycles. The van der Waals surface area contributed by atoms with E-state index < -0.39 is 0 Å². The Balaban J connectivity index is 1.45. The number of rotatable bonds is 6. The Bertz CT molecular complexity index is 1440. The fourth-order valence-corrected chi connectivity index (χ4v) is 3.98. The molecular weight excluding hydrogens is 404 g/mol. The molecule has 0 unspecified atom stereocenters. The van der Waals surface area contributed by atoms with E-state index in [0.29, 0.717) is 29.9 Å². The third kappa shape index (κ3) is 3.51. The molecule has 0 aliphatic rings. The van der Waals surface area contributed by atoms with Crippen LogP contribution in [0.5, 0.6) is 5.75 Å². The fourth-order valence-electron chi connectivity index (χ4n) is 3.98. The minimum Gasteiger partial charge on any atom is -0.496 e. The van der Waals surface area contributed by atoms with Crippen molar-refractivity contribution in [3.63, 3.8) is 0 Å². The molecular formula is C24H22N6O2. The molecule has 0 bridgehead atoms. The van der Waals surface area contributed by atoms with Crippen molar-refractivity contribution in [1.29, 1.82) is 0 Å². The van der Waals surface area contributed by atoms with Crippen molar-refractivity contribution in [1.82, 2.24) is 25.5 Å². The molecule has 0 fully saturated rings. The number of H-pyrrole nitrogens is 2. The Morgan fingerprint density at radius 2 is 2.06 bits per heavy atom. The molecule has 8 nitrogen and oxygen atoms in total. The number of hydrogen-bond donors (Lipinski definition) is 4. The first kappa shape index (κ1) is 19.6. The number of amides is 1. The molecule has 8 heteroatoms. The summed E-state index contributed by atoms with van der Waals surface area (Å²) in [7, 11) is 1.65. The van der Waals surface area contributed by atoms with Gasteiger partial charge in [0.15, 0.2) is 0 Å². The number of aromatic amines is 2. The summed E-state index contributed by atoms with van der Waals surface area (Å²) in [6.45, 7) is 0.481. The van der Waals surface area contributed by atoms with E-state index in [9.17, 15) is 4.79 Å². The van der Waals surface area contributed by atoms with Crippen LogP contribution >= 0.6 is 0 Å². The van der Waals surface area contributed by atoms with Crippen LogP contribution in [0.1, 0.15) is 15.9 Å². The summed E-state index contributed by atoms with van der Waals surface area (Å²) in [6, 6.07) is 13.5. The van der Waals surface area contributed by atoms with Crippen molar-refractivity contribution < 1.29 is 9.53 Å². The van der Waals surface area contributed by atoms with Crippen molar-refractivity contribution in [3.8, 4) is 16.9 Å². The lowest BCUT2D eigenvalue weighted by Crippen LogP contribution is -2.26. The van der Waals surface area contributed by atoms with Gasteiger partial charge in [0.1, 0.15) is 11.6 Å². The van der Waals surface area contributed by atoms with Gasteiger partial charge >= 0.3 is 0 Å². The number of nitrogens with two attached hydrogens (primary N) is 1. The van der Waals surface area contributed by atoms with E-state index in [1.807, 2.05) is 48.7 Å². The Labute approximate surface area is 183 Å². The second-order valence-corrected chi connectivity index (χ2v) is 7.53. The van der Waals surface area contributed by atoms with Gasteiger partial charge in [0.05, 0.1) is 36.1 Å². The molecule has 5 N–H and O–H groups in total. The molecule has 1 amide bonds. The average molecular weight is 426 g/mol. The van der Waals surface area contributed by atoms with Crippen LogP contribution in [0, 0.1) is 0 Å². The lowest BCUT2D eigenvalue weighted by Gasteiger charge is -2.10. The van der Waals surface area contributed by atoms with Crippen LogP contribution in [-0.4, -0.2) is 39.7 Å². The lowest BCUT2D eigenvalue weighted by atomic mass is 10.00. The maximum atomic E-state index is 13.1. The number of anilines is 1. The number of carbonyl (C=O) groups is 1. The molecule has 0 aliphatic heterocycles. The predicted molar refractivity (Wildman–Crippen MR) is 125 cm³/mol. The summed E-state index contributed by atoms with van der Waals surface area (Å²) in [5.74, 6) is 1.09. The second-order valence-electron chi connectivity index (χ2n) is 7.53. The van der Waals surface area contributed by atoms with Gasteiger partial charge in [0, 0.05) is 29.1 Å². The van der Waals surface area contributed by atoms with Gasteiger partial charge in [-0.2, -0.15) is 5.10 Å². The standard InChI is InChI=1S/C24H22N6O2/c1-32-21-5-3-2-4-14(21)6-7-26-24(31)18-9-15(8-16-11-29-30-23(16)18)19-12-27-20-13-28-22(25)10-17(19)20/h2-5,8-13,27H,6-7H2,1H3,(H2,25,28)(H,26,31)(H,29,30). The zero-order valence-electron chi connectivity index (χ0n) is 17.5. The Morgan fingerprint density at radius 1 is 1.19 bits per heavy atom. The van der Waals surface area contributed by atoms with Gasteiger partial charge in [0.25, 0.3) is 5.91 Å². The van der Waals surface area contributed by atoms with Crippen LogP contribution in [-0.2, 0) is 6.42 Å². The first-order valence-corrected chi connectivity index (χ1v) is 10.2. The third-order valence-electron chi connectivity index (χ3n) is 5.56. The van der Waals surface area contributed by atoms with Gasteiger partial charge < -0.3 is 20.8 Å². The van der Waals surface area contributed by atoms with Crippen LogP contribution in [0.25, 0.3) is 32.9 Å². The Morgan fingerprint density at radius 3 is 2.94 bits per heavy atom. The number of ether oxygens (including phenoxy) is 1. The first-order valence-electron chi connectivity index (χ1n) is 10.2. The van der Waals surface area contributed by atoms with E-state index >= 15 is 0 Å². The van der Waals surface area contributed by atoms with Crippen molar-refractivity contribution >= 4 is 33.5 Å². The largest absolute Gasteiger partial charge is 0.496 e. The molecule has 5 rings (SSSR count). The summed E-state index contributed by atoms with van der Waals surface area (Å²) in [4.78, 5) is 20.5. The maximum Gasteiger partial charge on any atom is 0.253 e. The molecule has 0 spiro atoms. The highest BCUT2D eigenvalue weighted by Gasteiger charge is 2.16. The molecule has 0 saturated heterocycles. The van der Waals surface area contributed by atoms with Gasteiger partial charge in [-0.1, -0.05) is 18.2 Å². The monoisotopic (exact) mass is 426 g/mol. The number of methoxy groups -OCH3 is 1. The van der Waals surface area contributed by atoms with Gasteiger partial charge in [-0.3, -0.25) is 9.89 Å². The van der Waals surface area contributed by atoms with E-state index in [1.165, 1.54) is 0 Å². The van der Waals surface area contributed by atoms with Crippen LogP contribution in [0.4, 0.5) is 5.82 Å². The summed E-state index contributed by atoms with van der Waals surface area (Å²) in [5, 5.41) is 11.9. The minimum atomic E-state index is -0.169. The van der Waals surface area contributed by atoms with E-state index in [1.54, 1.807) is 19.5 Å². The van der Waals surface area contributed by atoms with Gasteiger partial charge in [-0.15, -0.1) is 0 Å². The number of hydrogen-bond acceptors (Lipinski definition) is 5. The molecule has 160 valence electrons. The number of carbonyl (C=O) groups excluding carboxylic acids is 1. The van der Waals surface area contributed by atoms with E-state index in [0.717, 1.165) is 38.7 Å². The Kier molecular flexibility index (Phi) is 4.95. The van der Waals surface area contributed by atoms with Gasteiger partial charge in [-0.05, 0) is 41.8 Å². The summed E-state index contributed by atoms with van der Waals surface area (Å²) in [6.07, 6.45) is 5.98. The summed E-state index contributed by atoms with van der Waals surface area (Å²) >= 11 is 0. The lowest BCUT2D eigenvalue weighted by molar-refractivity contribution is 0.0955. The van der Waals surface area contributed by atoms with Crippen LogP contribution in [0.3, 0.4) is 0 Å². The minimum absolute atomic E-state index is 0.169. The van der Waals surface area contributed by atoms with E-state index in [2.05, 4.69) is 25.5 Å². The van der Waals surface area contributed by atoms with Crippen molar-refractivity contribution in [2.24, 2.45) is 0 Å². The van der Waals surface area contributed by atoms with Crippen molar-refractivity contribution in [2.75, 3.05) is 19.4 Å². The van der Waals surface area contributed by atoms with Crippen molar-refractivity contribution in [2.45, 2.75) is 6.42 Å². The quantitative estimate of drug-likeness (QED) is 0.330. The first-order chi connectivity index (χ1) is 15.6. The number of para-hydroxylation sites is 1. The van der Waals surface area contributed by atoms with Crippen LogP contribution < -0.4 is 15.8 Å². The molecule has 3 heterocycles. The zero-order chi connectivity index (χ0) is 22.1. The predicted octanol–water partition coefficient (Wildman–Crippen LogP) is 3.67. The number of benzene rings is 2. The summed E-state index contributed by atoms with van der Waals surface area (Å²) in [5.41, 5.74) is 10.9. The Hall–Kier alpha value is -4.33. The maximum absolute atomic E-state index is 13.1. The normalized spacial score (nSPS) is 11.2. The molecule has 2 aromatic carbocycles. The highest BCUT2D eigenvalue weighted by molar-refractivity contribution is 6.08. The van der Waals surface area contributed by atoms with Crippen LogP contribution in [0.2, 0.25) is 0 Å². The number of nitrogens with one attached hydrogen (secondary N) is 3. The SMILES string of the molecule is COc1ccccc1CCNC(=O)c1cc(-c2c[nH]c3cnc(N)cc23)cc2cn[nH]c12. The van der Waals surface area contributed by atoms with Gasteiger partial charge in [-0.25, -0.2) is 4.98 Å².